The van der Waals surface area contributed by atoms with E-state index in [1.165, 1.54) is 0 Å². The third-order valence-electron chi connectivity index (χ3n) is 3.70. The fourth-order valence-corrected chi connectivity index (χ4v) is 1.77. The number of nitrogens with one attached hydrogen (secondary N) is 1. The van der Waals surface area contributed by atoms with Crippen LogP contribution in [0.2, 0.25) is 0 Å². The minimum atomic E-state index is -0.983. The second-order valence-electron chi connectivity index (χ2n) is 5.22. The van der Waals surface area contributed by atoms with E-state index in [1.807, 2.05) is 37.3 Å². The molecule has 0 heterocycles. The number of amides is 1. The molecule has 0 fully saturated rings. The minimum absolute atomic E-state index is 0.124. The van der Waals surface area contributed by atoms with Gasteiger partial charge in [-0.2, -0.15) is 0 Å². The molecule has 100 valence electrons. The molecule has 1 rings (SSSR count). The normalized spacial score (nSPS) is 17.6. The highest BCUT2D eigenvalue weighted by Gasteiger charge is 2.31. The predicted molar refractivity (Wildman–Crippen MR) is 75.0 cm³/mol. The van der Waals surface area contributed by atoms with Crippen LogP contribution in [0.5, 0.6) is 0 Å². The molecule has 1 amide bonds. The van der Waals surface area contributed by atoms with Gasteiger partial charge in [0.25, 0.3) is 0 Å². The summed E-state index contributed by atoms with van der Waals surface area (Å²) in [5.74, 6) is 0.321. The first-order valence-electron chi connectivity index (χ1n) is 6.55. The van der Waals surface area contributed by atoms with Gasteiger partial charge in [-0.1, -0.05) is 50.6 Å². The van der Waals surface area contributed by atoms with Gasteiger partial charge in [0.2, 0.25) is 5.91 Å². The van der Waals surface area contributed by atoms with Crippen molar-refractivity contribution in [1.29, 1.82) is 0 Å². The summed E-state index contributed by atoms with van der Waals surface area (Å²) >= 11 is 0. The summed E-state index contributed by atoms with van der Waals surface area (Å²) in [6, 6.07) is 9.60. The van der Waals surface area contributed by atoms with E-state index in [2.05, 4.69) is 19.2 Å². The first-order valence-corrected chi connectivity index (χ1v) is 6.55. The molecular weight excluding hydrogens is 224 g/mol. The van der Waals surface area contributed by atoms with E-state index in [4.69, 9.17) is 5.73 Å². The second-order valence-corrected chi connectivity index (χ2v) is 5.22. The molecule has 0 aromatic heterocycles. The number of benzene rings is 1. The molecule has 0 bridgehead atoms. The minimum Gasteiger partial charge on any atom is -0.351 e. The second kappa shape index (κ2) is 6.01. The summed E-state index contributed by atoms with van der Waals surface area (Å²) in [5, 5.41) is 3.01. The number of hydrogen-bond donors (Lipinski definition) is 2. The molecule has 3 atom stereocenters. The van der Waals surface area contributed by atoms with Crippen molar-refractivity contribution in [2.45, 2.75) is 45.7 Å². The van der Waals surface area contributed by atoms with Crippen molar-refractivity contribution >= 4 is 5.91 Å². The standard InChI is InChI=1S/C15H24N2O/c1-5-11(2)12(3)17-14(18)15(4,16)13-9-7-6-8-10-13/h6-12H,5,16H2,1-4H3,(H,17,18). The van der Waals surface area contributed by atoms with Gasteiger partial charge in [-0.15, -0.1) is 0 Å². The molecule has 3 unspecified atom stereocenters. The van der Waals surface area contributed by atoms with Gasteiger partial charge in [-0.3, -0.25) is 4.79 Å². The van der Waals surface area contributed by atoms with E-state index in [0.29, 0.717) is 5.92 Å². The molecule has 0 saturated carbocycles. The Morgan fingerprint density at radius 2 is 1.89 bits per heavy atom. The van der Waals surface area contributed by atoms with Gasteiger partial charge in [0.1, 0.15) is 5.54 Å². The van der Waals surface area contributed by atoms with Gasteiger partial charge >= 0.3 is 0 Å². The van der Waals surface area contributed by atoms with E-state index in [0.717, 1.165) is 12.0 Å². The van der Waals surface area contributed by atoms with E-state index in [9.17, 15) is 4.79 Å². The molecule has 3 nitrogen and oxygen atoms in total. The SMILES string of the molecule is CCC(C)C(C)NC(=O)C(C)(N)c1ccccc1. The third kappa shape index (κ3) is 3.33. The predicted octanol–water partition coefficient (Wildman–Crippen LogP) is 2.41. The lowest BCUT2D eigenvalue weighted by Crippen LogP contribution is -2.52. The molecule has 1 aromatic rings. The molecule has 3 N–H and O–H groups in total. The number of hydrogen-bond acceptors (Lipinski definition) is 2. The van der Waals surface area contributed by atoms with Crippen LogP contribution in [0, 0.1) is 5.92 Å². The van der Waals surface area contributed by atoms with Crippen LogP contribution >= 0.6 is 0 Å². The summed E-state index contributed by atoms with van der Waals surface area (Å²) in [5.41, 5.74) is 6.01. The van der Waals surface area contributed by atoms with Crippen LogP contribution in [0.25, 0.3) is 0 Å². The topological polar surface area (TPSA) is 55.1 Å². The molecule has 18 heavy (non-hydrogen) atoms. The van der Waals surface area contributed by atoms with E-state index >= 15 is 0 Å². The van der Waals surface area contributed by atoms with Crippen molar-refractivity contribution in [2.75, 3.05) is 0 Å². The molecule has 1 aromatic carbocycles. The maximum Gasteiger partial charge on any atom is 0.244 e. The lowest BCUT2D eigenvalue weighted by molar-refractivity contribution is -0.127. The largest absolute Gasteiger partial charge is 0.351 e. The molecular formula is C15H24N2O. The monoisotopic (exact) mass is 248 g/mol. The first kappa shape index (κ1) is 14.7. The summed E-state index contributed by atoms with van der Waals surface area (Å²) < 4.78 is 0. The van der Waals surface area contributed by atoms with Crippen LogP contribution in [0.15, 0.2) is 30.3 Å². The Hall–Kier alpha value is -1.35. The fourth-order valence-electron chi connectivity index (χ4n) is 1.77. The quantitative estimate of drug-likeness (QED) is 0.840. The van der Waals surface area contributed by atoms with Gasteiger partial charge in [-0.25, -0.2) is 0 Å². The van der Waals surface area contributed by atoms with Crippen molar-refractivity contribution < 1.29 is 4.79 Å². The number of carbonyl (C=O) groups is 1. The summed E-state index contributed by atoms with van der Waals surface area (Å²) in [7, 11) is 0. The van der Waals surface area contributed by atoms with Crippen molar-refractivity contribution in [3.63, 3.8) is 0 Å². The molecule has 0 aliphatic rings. The Kier molecular flexibility index (Phi) is 4.91. The zero-order valence-electron chi connectivity index (χ0n) is 11.7. The molecule has 0 aliphatic heterocycles. The molecule has 3 heteroatoms. The lowest BCUT2D eigenvalue weighted by Gasteiger charge is -2.28. The van der Waals surface area contributed by atoms with E-state index in [1.54, 1.807) is 6.92 Å². The van der Waals surface area contributed by atoms with Crippen LogP contribution in [0.3, 0.4) is 0 Å². The first-order chi connectivity index (χ1) is 8.39. The molecule has 0 aliphatic carbocycles. The maximum absolute atomic E-state index is 12.3. The molecule has 0 spiro atoms. The van der Waals surface area contributed by atoms with Crippen LogP contribution in [0.1, 0.15) is 39.7 Å². The van der Waals surface area contributed by atoms with Gasteiger partial charge in [-0.05, 0) is 25.3 Å². The summed E-state index contributed by atoms with van der Waals surface area (Å²) in [6.07, 6.45) is 1.04. The number of carbonyl (C=O) groups excluding carboxylic acids is 1. The maximum atomic E-state index is 12.3. The van der Waals surface area contributed by atoms with Crippen LogP contribution in [-0.4, -0.2) is 11.9 Å². The smallest absolute Gasteiger partial charge is 0.244 e. The van der Waals surface area contributed by atoms with Crippen LogP contribution in [0.4, 0.5) is 0 Å². The fraction of sp³-hybridized carbons (Fsp3) is 0.533. The highest BCUT2D eigenvalue weighted by molar-refractivity contribution is 5.87. The average Bonchev–Trinajstić information content (AvgIpc) is 2.38. The van der Waals surface area contributed by atoms with E-state index < -0.39 is 5.54 Å². The zero-order valence-corrected chi connectivity index (χ0v) is 11.7. The summed E-state index contributed by atoms with van der Waals surface area (Å²) in [4.78, 5) is 12.3. The van der Waals surface area contributed by atoms with Crippen molar-refractivity contribution in [3.05, 3.63) is 35.9 Å². The Labute approximate surface area is 110 Å². The van der Waals surface area contributed by atoms with Crippen molar-refractivity contribution in [1.82, 2.24) is 5.32 Å². The lowest BCUT2D eigenvalue weighted by atomic mass is 9.91. The van der Waals surface area contributed by atoms with Crippen molar-refractivity contribution in [3.8, 4) is 0 Å². The van der Waals surface area contributed by atoms with Gasteiger partial charge in [0.05, 0.1) is 0 Å². The Bertz CT molecular complexity index is 387. The highest BCUT2D eigenvalue weighted by atomic mass is 16.2. The van der Waals surface area contributed by atoms with Gasteiger partial charge in [0, 0.05) is 6.04 Å². The average molecular weight is 248 g/mol. The summed E-state index contributed by atoms with van der Waals surface area (Å²) in [6.45, 7) is 8.02. The van der Waals surface area contributed by atoms with Crippen LogP contribution in [-0.2, 0) is 10.3 Å². The van der Waals surface area contributed by atoms with Gasteiger partial charge in [0.15, 0.2) is 0 Å². The van der Waals surface area contributed by atoms with E-state index in [-0.39, 0.29) is 11.9 Å². The molecule has 0 radical (unpaired) electrons. The third-order valence-corrected chi connectivity index (χ3v) is 3.70. The van der Waals surface area contributed by atoms with Gasteiger partial charge < -0.3 is 11.1 Å². The highest BCUT2D eigenvalue weighted by Crippen LogP contribution is 2.18. The van der Waals surface area contributed by atoms with Crippen LogP contribution < -0.4 is 11.1 Å². The Balaban J connectivity index is 2.77. The number of rotatable bonds is 5. The Morgan fingerprint density at radius 1 is 1.33 bits per heavy atom. The number of nitrogens with two attached hydrogens (primary N) is 1. The molecule has 0 saturated heterocycles. The van der Waals surface area contributed by atoms with Crippen molar-refractivity contribution in [2.24, 2.45) is 11.7 Å². The Morgan fingerprint density at radius 3 is 2.39 bits per heavy atom. The zero-order chi connectivity index (χ0) is 13.8.